The first kappa shape index (κ1) is 22.1. The number of guanidine groups is 1. The lowest BCUT2D eigenvalue weighted by Gasteiger charge is -2.36. The molecule has 0 aliphatic carbocycles. The van der Waals surface area contributed by atoms with Gasteiger partial charge in [-0.3, -0.25) is 9.89 Å². The maximum Gasteiger partial charge on any atom is 0.194 e. The number of rotatable bonds is 5. The van der Waals surface area contributed by atoms with E-state index in [1.807, 2.05) is 13.1 Å². The molecule has 3 rings (SSSR count). The lowest BCUT2D eigenvalue weighted by Crippen LogP contribution is -2.52. The summed E-state index contributed by atoms with van der Waals surface area (Å²) < 4.78 is 4.91. The van der Waals surface area contributed by atoms with Crippen LogP contribution in [0, 0.1) is 6.92 Å². The monoisotopic (exact) mass is 504 g/mol. The first-order chi connectivity index (χ1) is 12.6. The molecule has 1 N–H and O–H groups in total. The Balaban J connectivity index is 0.00000261. The smallest absolute Gasteiger partial charge is 0.194 e. The molecular weight excluding hydrogens is 475 g/mol. The van der Waals surface area contributed by atoms with Crippen molar-refractivity contribution in [3.05, 3.63) is 33.6 Å². The molecule has 7 nitrogen and oxygen atoms in total. The van der Waals surface area contributed by atoms with Crippen LogP contribution in [-0.2, 0) is 13.1 Å². The fraction of sp³-hybridized carbons (Fsp3) is 0.611. The minimum absolute atomic E-state index is 0. The zero-order valence-electron chi connectivity index (χ0n) is 16.4. The fourth-order valence-corrected chi connectivity index (χ4v) is 4.26. The van der Waals surface area contributed by atoms with Gasteiger partial charge in [0.05, 0.1) is 17.9 Å². The molecule has 0 unspecified atom stereocenters. The second kappa shape index (κ2) is 10.4. The van der Waals surface area contributed by atoms with E-state index in [-0.39, 0.29) is 24.0 Å². The summed E-state index contributed by atoms with van der Waals surface area (Å²) >= 11 is 1.77. The molecule has 1 aliphatic rings. The zero-order valence-corrected chi connectivity index (χ0v) is 19.6. The van der Waals surface area contributed by atoms with Crippen molar-refractivity contribution in [2.24, 2.45) is 4.99 Å². The number of piperazine rings is 1. The molecule has 0 bridgehead atoms. The summed E-state index contributed by atoms with van der Waals surface area (Å²) in [5.74, 6) is 1.42. The normalized spacial score (nSPS) is 15.9. The standard InChI is InChI=1S/C18H28N6OS.HI/c1-13(2)17-14(3)26-16(21-17)11-20-18(19-4)24-8-6-23(7-9-24)12-15-5-10-25-22-15;/h5,10,13H,6-9,11-12H2,1-4H3,(H,19,20);1H. The van der Waals surface area contributed by atoms with Crippen molar-refractivity contribution in [3.63, 3.8) is 0 Å². The lowest BCUT2D eigenvalue weighted by molar-refractivity contribution is 0.169. The van der Waals surface area contributed by atoms with E-state index in [9.17, 15) is 0 Å². The van der Waals surface area contributed by atoms with Gasteiger partial charge in [-0.05, 0) is 12.8 Å². The fourth-order valence-electron chi connectivity index (χ4n) is 3.23. The maximum absolute atomic E-state index is 4.91. The highest BCUT2D eigenvalue weighted by Gasteiger charge is 2.20. The van der Waals surface area contributed by atoms with E-state index >= 15 is 0 Å². The van der Waals surface area contributed by atoms with E-state index in [2.05, 4.69) is 46.0 Å². The van der Waals surface area contributed by atoms with E-state index in [1.165, 1.54) is 10.6 Å². The van der Waals surface area contributed by atoms with Crippen LogP contribution in [0.1, 0.15) is 41.0 Å². The second-order valence-corrected chi connectivity index (χ2v) is 8.15. The SMILES string of the molecule is CN=C(NCc1nc(C(C)C)c(C)s1)N1CCN(Cc2ccon2)CC1.I. The highest BCUT2D eigenvalue weighted by Crippen LogP contribution is 2.24. The highest BCUT2D eigenvalue weighted by atomic mass is 127. The van der Waals surface area contributed by atoms with Crippen molar-refractivity contribution in [1.29, 1.82) is 0 Å². The van der Waals surface area contributed by atoms with Crippen LogP contribution < -0.4 is 5.32 Å². The largest absolute Gasteiger partial charge is 0.364 e. The molecule has 0 saturated carbocycles. The average molecular weight is 504 g/mol. The van der Waals surface area contributed by atoms with E-state index < -0.39 is 0 Å². The van der Waals surface area contributed by atoms with Crippen LogP contribution in [0.3, 0.4) is 0 Å². The van der Waals surface area contributed by atoms with E-state index in [4.69, 9.17) is 9.51 Å². The third-order valence-electron chi connectivity index (χ3n) is 4.58. The Morgan fingerprint density at radius 2 is 2.07 bits per heavy atom. The molecule has 3 heterocycles. The highest BCUT2D eigenvalue weighted by molar-refractivity contribution is 14.0. The van der Waals surface area contributed by atoms with Crippen molar-refractivity contribution in [1.82, 2.24) is 25.3 Å². The number of aromatic nitrogens is 2. The molecule has 1 aliphatic heterocycles. The summed E-state index contributed by atoms with van der Waals surface area (Å²) in [5, 5.41) is 8.59. The van der Waals surface area contributed by atoms with Crippen LogP contribution in [0.5, 0.6) is 0 Å². The van der Waals surface area contributed by atoms with Crippen molar-refractivity contribution in [3.8, 4) is 0 Å². The first-order valence-corrected chi connectivity index (χ1v) is 9.92. The van der Waals surface area contributed by atoms with Crippen LogP contribution in [0.4, 0.5) is 0 Å². The van der Waals surface area contributed by atoms with Crippen molar-refractivity contribution < 1.29 is 4.52 Å². The summed E-state index contributed by atoms with van der Waals surface area (Å²) in [6.07, 6.45) is 1.63. The van der Waals surface area contributed by atoms with E-state index in [0.29, 0.717) is 5.92 Å². The Morgan fingerprint density at radius 1 is 1.33 bits per heavy atom. The number of halogens is 1. The molecule has 150 valence electrons. The molecule has 0 amide bonds. The van der Waals surface area contributed by atoms with Crippen molar-refractivity contribution >= 4 is 41.3 Å². The van der Waals surface area contributed by atoms with E-state index in [0.717, 1.165) is 55.9 Å². The zero-order chi connectivity index (χ0) is 18.5. The summed E-state index contributed by atoms with van der Waals surface area (Å²) in [6, 6.07) is 1.92. The molecule has 0 spiro atoms. The van der Waals surface area contributed by atoms with Gasteiger partial charge in [0.25, 0.3) is 0 Å². The van der Waals surface area contributed by atoms with Crippen LogP contribution in [0.15, 0.2) is 21.8 Å². The van der Waals surface area contributed by atoms with Crippen LogP contribution >= 0.6 is 35.3 Å². The Bertz CT molecular complexity index is 722. The minimum Gasteiger partial charge on any atom is -0.364 e. The maximum atomic E-state index is 4.91. The number of hydrogen-bond donors (Lipinski definition) is 1. The number of nitrogens with one attached hydrogen (secondary N) is 1. The van der Waals surface area contributed by atoms with Gasteiger partial charge in [-0.15, -0.1) is 35.3 Å². The van der Waals surface area contributed by atoms with E-state index in [1.54, 1.807) is 17.6 Å². The summed E-state index contributed by atoms with van der Waals surface area (Å²) in [5.41, 5.74) is 2.20. The summed E-state index contributed by atoms with van der Waals surface area (Å²) in [7, 11) is 1.84. The van der Waals surface area contributed by atoms with Crippen molar-refractivity contribution in [2.75, 3.05) is 33.2 Å². The van der Waals surface area contributed by atoms with Gasteiger partial charge in [-0.25, -0.2) is 4.98 Å². The number of hydrogen-bond acceptors (Lipinski definition) is 6. The van der Waals surface area contributed by atoms with Gasteiger partial charge in [0.2, 0.25) is 0 Å². The predicted molar refractivity (Wildman–Crippen MR) is 120 cm³/mol. The van der Waals surface area contributed by atoms with Crippen LogP contribution in [-0.4, -0.2) is 59.1 Å². The molecule has 1 saturated heterocycles. The molecule has 0 atom stereocenters. The predicted octanol–water partition coefficient (Wildman–Crippen LogP) is 3.07. The Labute approximate surface area is 182 Å². The number of aliphatic imine (C=N–C) groups is 1. The van der Waals surface area contributed by atoms with Gasteiger partial charge >= 0.3 is 0 Å². The second-order valence-electron chi connectivity index (χ2n) is 6.86. The van der Waals surface area contributed by atoms with Gasteiger partial charge in [-0.2, -0.15) is 0 Å². The quantitative estimate of drug-likeness (QED) is 0.384. The molecule has 0 radical (unpaired) electrons. The summed E-state index contributed by atoms with van der Waals surface area (Å²) in [4.78, 5) is 15.2. The van der Waals surface area contributed by atoms with Gasteiger partial charge < -0.3 is 14.7 Å². The van der Waals surface area contributed by atoms with Gasteiger partial charge in [0, 0.05) is 50.7 Å². The van der Waals surface area contributed by atoms with Gasteiger partial charge in [-0.1, -0.05) is 19.0 Å². The van der Waals surface area contributed by atoms with Crippen LogP contribution in [0.2, 0.25) is 0 Å². The Hall–Kier alpha value is -1.20. The molecule has 27 heavy (non-hydrogen) atoms. The average Bonchev–Trinajstić information content (AvgIpc) is 3.26. The molecular formula is C18H29IN6OS. The third-order valence-corrected chi connectivity index (χ3v) is 5.57. The molecule has 2 aromatic heterocycles. The Kier molecular flexibility index (Phi) is 8.49. The number of thiazole rings is 1. The first-order valence-electron chi connectivity index (χ1n) is 9.10. The molecule has 2 aromatic rings. The lowest BCUT2D eigenvalue weighted by atomic mass is 10.1. The van der Waals surface area contributed by atoms with Gasteiger partial charge in [0.1, 0.15) is 11.3 Å². The molecule has 0 aromatic carbocycles. The number of aryl methyl sites for hydroxylation is 1. The summed E-state index contributed by atoms with van der Waals surface area (Å²) in [6.45, 7) is 12.0. The topological polar surface area (TPSA) is 69.8 Å². The van der Waals surface area contributed by atoms with Crippen molar-refractivity contribution in [2.45, 2.75) is 39.8 Å². The molecule has 9 heteroatoms. The minimum atomic E-state index is 0. The van der Waals surface area contributed by atoms with Gasteiger partial charge in [0.15, 0.2) is 5.96 Å². The number of nitrogens with zero attached hydrogens (tertiary/aromatic N) is 5. The van der Waals surface area contributed by atoms with Crippen LogP contribution in [0.25, 0.3) is 0 Å². The third kappa shape index (κ3) is 5.89. The Morgan fingerprint density at radius 3 is 2.63 bits per heavy atom. The molecule has 1 fully saturated rings.